The van der Waals surface area contributed by atoms with Gasteiger partial charge in [-0.3, -0.25) is 6.08 Å². The van der Waals surface area contributed by atoms with E-state index in [1.54, 1.807) is 0 Å². The quantitative estimate of drug-likeness (QED) is 0.434. The molecule has 2 rings (SSSR count). The van der Waals surface area contributed by atoms with E-state index in [0.717, 1.165) is 6.42 Å². The molecule has 2 aliphatic rings. The van der Waals surface area contributed by atoms with Crippen LogP contribution in [0.15, 0.2) is 18.2 Å². The smallest absolute Gasteiger partial charge is 1.00 e. The van der Waals surface area contributed by atoms with Gasteiger partial charge in [0.15, 0.2) is 0 Å². The van der Waals surface area contributed by atoms with Crippen LogP contribution < -0.4 is 30.1 Å². The first-order chi connectivity index (χ1) is 5.00. The first kappa shape index (κ1) is 19.2. The van der Waals surface area contributed by atoms with Crippen LogP contribution in [0.2, 0.25) is 0 Å². The van der Waals surface area contributed by atoms with Crippen LogP contribution >= 0.6 is 0 Å². The second-order valence-corrected chi connectivity index (χ2v) is 2.46. The number of halogens is 2. The molecule has 1 saturated heterocycles. The van der Waals surface area contributed by atoms with Crippen LogP contribution in [-0.2, 0) is 17.4 Å². The van der Waals surface area contributed by atoms with Gasteiger partial charge < -0.3 is 30.1 Å². The minimum atomic E-state index is 0. The molecule has 0 unspecified atom stereocenters. The van der Waals surface area contributed by atoms with Crippen molar-refractivity contribution in [3.05, 3.63) is 24.3 Å². The minimum absolute atomic E-state index is 0. The molecular weight excluding hydrogens is 245 g/mol. The Labute approximate surface area is 104 Å². The first-order valence-electron chi connectivity index (χ1n) is 3.92. The summed E-state index contributed by atoms with van der Waals surface area (Å²) in [5, 5.41) is 3.22. The molecule has 0 aromatic carbocycles. The predicted octanol–water partition coefficient (Wildman–Crippen LogP) is -4.32. The molecule has 13 heavy (non-hydrogen) atoms. The number of hydrogen-bond acceptors (Lipinski definition) is 1. The predicted molar refractivity (Wildman–Crippen MR) is 43.7 cm³/mol. The van der Waals surface area contributed by atoms with E-state index >= 15 is 0 Å². The van der Waals surface area contributed by atoms with E-state index in [4.69, 9.17) is 0 Å². The van der Waals surface area contributed by atoms with Crippen LogP contribution in [0.3, 0.4) is 0 Å². The Morgan fingerprint density at radius 3 is 1.85 bits per heavy atom. The Kier molecular flexibility index (Phi) is 22.2. The molecular formula is C9H14Cl2CrN. The fourth-order valence-corrected chi connectivity index (χ4v) is 0.965. The van der Waals surface area contributed by atoms with Gasteiger partial charge in [-0.05, 0) is 25.9 Å². The van der Waals surface area contributed by atoms with Gasteiger partial charge in [-0.25, -0.2) is 12.2 Å². The Hall–Kier alpha value is 0.552. The van der Waals surface area contributed by atoms with Crippen molar-refractivity contribution in [2.75, 3.05) is 13.1 Å². The van der Waals surface area contributed by atoms with Gasteiger partial charge in [0.2, 0.25) is 0 Å². The summed E-state index contributed by atoms with van der Waals surface area (Å²) in [5.41, 5.74) is 0. The summed E-state index contributed by atoms with van der Waals surface area (Å²) >= 11 is 0. The third-order valence-electron chi connectivity index (χ3n) is 1.54. The van der Waals surface area contributed by atoms with E-state index in [1.165, 1.54) is 25.9 Å². The van der Waals surface area contributed by atoms with Crippen molar-refractivity contribution in [1.82, 2.24) is 5.32 Å². The summed E-state index contributed by atoms with van der Waals surface area (Å²) in [6.07, 6.45) is 12.8. The van der Waals surface area contributed by atoms with Crippen molar-refractivity contribution in [2.45, 2.75) is 19.3 Å². The number of hydrogen-bond donors (Lipinski definition) is 1. The van der Waals surface area contributed by atoms with Crippen molar-refractivity contribution in [2.24, 2.45) is 0 Å². The zero-order valence-corrected chi connectivity index (χ0v) is 10.2. The van der Waals surface area contributed by atoms with Crippen molar-refractivity contribution in [3.8, 4) is 0 Å². The van der Waals surface area contributed by atoms with Crippen molar-refractivity contribution < 1.29 is 42.2 Å². The first-order valence-corrected chi connectivity index (χ1v) is 3.92. The maximum atomic E-state index is 3.22. The van der Waals surface area contributed by atoms with Crippen LogP contribution in [0.4, 0.5) is 0 Å². The average Bonchev–Trinajstić information content (AvgIpc) is 2.67. The van der Waals surface area contributed by atoms with Crippen LogP contribution in [0.25, 0.3) is 0 Å². The summed E-state index contributed by atoms with van der Waals surface area (Å²) < 4.78 is 0. The zero-order valence-electron chi connectivity index (χ0n) is 7.43. The largest absolute Gasteiger partial charge is 3.00 e. The maximum Gasteiger partial charge on any atom is 3.00 e. The summed E-state index contributed by atoms with van der Waals surface area (Å²) in [6.45, 7) is 2.50. The second kappa shape index (κ2) is 15.0. The molecule has 1 radical (unpaired) electrons. The van der Waals surface area contributed by atoms with Gasteiger partial charge in [0.25, 0.3) is 0 Å². The summed E-state index contributed by atoms with van der Waals surface area (Å²) in [5.74, 6) is 0. The molecule has 0 bridgehead atoms. The monoisotopic (exact) mass is 258 g/mol. The van der Waals surface area contributed by atoms with Gasteiger partial charge in [-0.2, -0.15) is 6.08 Å². The molecule has 0 saturated carbocycles. The van der Waals surface area contributed by atoms with Gasteiger partial charge in [-0.15, -0.1) is 6.42 Å². The Bertz CT molecular complexity index is 116. The third kappa shape index (κ3) is 12.6. The molecule has 1 aliphatic heterocycles. The minimum Gasteiger partial charge on any atom is -1.00 e. The van der Waals surface area contributed by atoms with E-state index in [0.29, 0.717) is 0 Å². The van der Waals surface area contributed by atoms with Crippen molar-refractivity contribution >= 4 is 0 Å². The van der Waals surface area contributed by atoms with E-state index in [1.807, 2.05) is 12.2 Å². The van der Waals surface area contributed by atoms with Crippen molar-refractivity contribution in [3.63, 3.8) is 0 Å². The zero-order chi connectivity index (χ0) is 7.07. The van der Waals surface area contributed by atoms with E-state index < -0.39 is 0 Å². The standard InChI is InChI=1S/C5H5.C4H9N.2ClH.Cr/c2*1-2-4-5-3-1;;;/h1-3H,4H2;5H,1-4H2;2*1H;/q-1;;;;+3/p-2. The van der Waals surface area contributed by atoms with E-state index in [-0.39, 0.29) is 42.2 Å². The fraction of sp³-hybridized carbons (Fsp3) is 0.556. The van der Waals surface area contributed by atoms with Crippen LogP contribution in [-0.4, -0.2) is 13.1 Å². The summed E-state index contributed by atoms with van der Waals surface area (Å²) in [6, 6.07) is 0. The second-order valence-electron chi connectivity index (χ2n) is 2.46. The van der Waals surface area contributed by atoms with Gasteiger partial charge in [0, 0.05) is 0 Å². The fourth-order valence-electron chi connectivity index (χ4n) is 0.965. The Morgan fingerprint density at radius 1 is 1.08 bits per heavy atom. The molecule has 1 heterocycles. The van der Waals surface area contributed by atoms with E-state index in [9.17, 15) is 0 Å². The number of allylic oxidation sites excluding steroid dienone is 4. The van der Waals surface area contributed by atoms with Gasteiger partial charge in [0.05, 0.1) is 0 Å². The maximum absolute atomic E-state index is 3.22. The van der Waals surface area contributed by atoms with Crippen LogP contribution in [0.5, 0.6) is 0 Å². The molecule has 0 atom stereocenters. The molecule has 1 nitrogen and oxygen atoms in total. The summed E-state index contributed by atoms with van der Waals surface area (Å²) in [4.78, 5) is 0. The molecule has 1 aliphatic carbocycles. The Balaban J connectivity index is -0.000000125. The normalized spacial score (nSPS) is 16.0. The SMILES string of the molecule is C1CCNC1.[C-]1=CC=CC1.[Cl-].[Cl-].[Cr+3]. The molecule has 4 heteroatoms. The van der Waals surface area contributed by atoms with Crippen LogP contribution in [0.1, 0.15) is 19.3 Å². The van der Waals surface area contributed by atoms with E-state index in [2.05, 4.69) is 17.5 Å². The van der Waals surface area contributed by atoms with Gasteiger partial charge in [0.1, 0.15) is 0 Å². The average molecular weight is 259 g/mol. The van der Waals surface area contributed by atoms with Crippen LogP contribution in [0, 0.1) is 6.08 Å². The Morgan fingerprint density at radius 2 is 1.69 bits per heavy atom. The molecule has 75 valence electrons. The number of nitrogens with one attached hydrogen (secondary N) is 1. The molecule has 1 N–H and O–H groups in total. The van der Waals surface area contributed by atoms with Gasteiger partial charge >= 0.3 is 17.4 Å². The van der Waals surface area contributed by atoms with Gasteiger partial charge in [-0.1, -0.05) is 0 Å². The third-order valence-corrected chi connectivity index (χ3v) is 1.54. The topological polar surface area (TPSA) is 12.0 Å². The van der Waals surface area contributed by atoms with Crippen molar-refractivity contribution in [1.29, 1.82) is 0 Å². The molecule has 1 fully saturated rings. The summed E-state index contributed by atoms with van der Waals surface area (Å²) in [7, 11) is 0. The molecule has 0 aromatic rings. The molecule has 0 spiro atoms. The molecule has 0 amide bonds. The number of rotatable bonds is 0. The molecule has 0 aromatic heterocycles.